The number of benzene rings is 1. The fraction of sp³-hybridized carbons (Fsp3) is 0.160. The van der Waals surface area contributed by atoms with Crippen LogP contribution in [0, 0.1) is 6.92 Å². The number of halogens is 3. The zero-order chi connectivity index (χ0) is 26.4. The fourth-order valence-electron chi connectivity index (χ4n) is 4.04. The van der Waals surface area contributed by atoms with Crippen molar-refractivity contribution in [3.8, 4) is 11.3 Å². The van der Waals surface area contributed by atoms with Gasteiger partial charge in [0, 0.05) is 40.9 Å². The van der Waals surface area contributed by atoms with E-state index in [4.69, 9.17) is 0 Å². The summed E-state index contributed by atoms with van der Waals surface area (Å²) in [6, 6.07) is 9.70. The number of hydrogen-bond donors (Lipinski definition) is 1. The van der Waals surface area contributed by atoms with Gasteiger partial charge < -0.3 is 5.32 Å². The van der Waals surface area contributed by atoms with Gasteiger partial charge in [-0.2, -0.15) is 13.2 Å². The summed E-state index contributed by atoms with van der Waals surface area (Å²) < 4.78 is 68.3. The Kier molecular flexibility index (Phi) is 5.98. The highest BCUT2D eigenvalue weighted by Gasteiger charge is 2.43. The minimum absolute atomic E-state index is 0.0272. The van der Waals surface area contributed by atoms with Gasteiger partial charge in [-0.1, -0.05) is 0 Å². The van der Waals surface area contributed by atoms with Gasteiger partial charge in [0.15, 0.2) is 21.7 Å². The van der Waals surface area contributed by atoms with Gasteiger partial charge >= 0.3 is 6.18 Å². The zero-order valence-corrected chi connectivity index (χ0v) is 20.3. The highest BCUT2D eigenvalue weighted by molar-refractivity contribution is 7.90. The van der Waals surface area contributed by atoms with Gasteiger partial charge in [0.05, 0.1) is 21.6 Å². The first kappa shape index (κ1) is 24.5. The molecule has 0 amide bonds. The Morgan fingerprint density at radius 2 is 1.68 bits per heavy atom. The molecule has 5 rings (SSSR count). The average molecular weight is 525 g/mol. The molecule has 188 valence electrons. The number of nitrogens with zero attached hydrogens (tertiary/aromatic N) is 5. The summed E-state index contributed by atoms with van der Waals surface area (Å²) in [4.78, 5) is 21.0. The van der Waals surface area contributed by atoms with Crippen LogP contribution >= 0.6 is 0 Å². The third-order valence-electron chi connectivity index (χ3n) is 5.82. The van der Waals surface area contributed by atoms with Crippen molar-refractivity contribution in [2.24, 2.45) is 0 Å². The standard InChI is InChI=1S/C25H19F3N6O2S/c1-14-17(5-3-9-29-14)21-18(12-15-11-16(37(2,35)36)7-8-19(15)33-21)23(25(26,27)28)34-24-22-20(31-13-32-24)6-4-10-30-22/h3-13,23H,1-2H3,(H,31,32,34)/t23-/m1/s1. The Morgan fingerprint density at radius 1 is 0.919 bits per heavy atom. The molecule has 0 bridgehead atoms. The number of fused-ring (bicyclic) bond motifs is 2. The van der Waals surface area contributed by atoms with Gasteiger partial charge in [0.25, 0.3) is 0 Å². The van der Waals surface area contributed by atoms with E-state index in [1.807, 2.05) is 0 Å². The van der Waals surface area contributed by atoms with E-state index in [0.717, 1.165) is 12.6 Å². The van der Waals surface area contributed by atoms with Crippen LogP contribution < -0.4 is 5.32 Å². The Hall–Kier alpha value is -4.19. The van der Waals surface area contributed by atoms with Crippen LogP contribution in [0.3, 0.4) is 0 Å². The highest BCUT2D eigenvalue weighted by Crippen LogP contribution is 2.41. The molecule has 1 N–H and O–H groups in total. The van der Waals surface area contributed by atoms with E-state index < -0.39 is 22.1 Å². The first-order chi connectivity index (χ1) is 17.5. The Balaban J connectivity index is 1.78. The molecule has 0 fully saturated rings. The summed E-state index contributed by atoms with van der Waals surface area (Å²) in [7, 11) is -3.60. The smallest absolute Gasteiger partial charge is 0.353 e. The average Bonchev–Trinajstić information content (AvgIpc) is 2.85. The molecule has 37 heavy (non-hydrogen) atoms. The SMILES string of the molecule is Cc1ncccc1-c1nc2ccc(S(C)(=O)=O)cc2cc1[C@@H](Nc1ncnc2cccnc12)C(F)(F)F. The fourth-order valence-corrected chi connectivity index (χ4v) is 4.70. The predicted octanol–water partition coefficient (Wildman–Crippen LogP) is 5.06. The maximum Gasteiger partial charge on any atom is 0.412 e. The molecule has 0 saturated carbocycles. The normalized spacial score (nSPS) is 13.1. The molecule has 1 aromatic carbocycles. The first-order valence-corrected chi connectivity index (χ1v) is 12.9. The van der Waals surface area contributed by atoms with Gasteiger partial charge in [-0.15, -0.1) is 0 Å². The second-order valence-electron chi connectivity index (χ2n) is 8.40. The van der Waals surface area contributed by atoms with Crippen molar-refractivity contribution in [2.45, 2.75) is 24.0 Å². The van der Waals surface area contributed by atoms with E-state index in [2.05, 4.69) is 30.2 Å². The molecule has 5 aromatic rings. The van der Waals surface area contributed by atoms with Crippen molar-refractivity contribution in [3.63, 3.8) is 0 Å². The van der Waals surface area contributed by atoms with Crippen molar-refractivity contribution in [1.82, 2.24) is 24.9 Å². The second-order valence-corrected chi connectivity index (χ2v) is 10.4. The molecule has 4 heterocycles. The summed E-state index contributed by atoms with van der Waals surface area (Å²) in [6.07, 6.45) is 0.372. The van der Waals surface area contributed by atoms with Crippen LogP contribution in [0.15, 0.2) is 72.1 Å². The third-order valence-corrected chi connectivity index (χ3v) is 6.93. The third kappa shape index (κ3) is 4.79. The van der Waals surface area contributed by atoms with Crippen molar-refractivity contribution >= 4 is 37.6 Å². The van der Waals surface area contributed by atoms with E-state index in [0.29, 0.717) is 22.3 Å². The van der Waals surface area contributed by atoms with Crippen molar-refractivity contribution < 1.29 is 21.6 Å². The van der Waals surface area contributed by atoms with Crippen LogP contribution in [-0.4, -0.2) is 45.8 Å². The molecule has 12 heteroatoms. The van der Waals surface area contributed by atoms with Gasteiger partial charge in [0.2, 0.25) is 0 Å². The summed E-state index contributed by atoms with van der Waals surface area (Å²) in [5.74, 6) is -0.105. The summed E-state index contributed by atoms with van der Waals surface area (Å²) in [5, 5.41) is 2.74. The van der Waals surface area contributed by atoms with Gasteiger partial charge in [-0.05, 0) is 55.5 Å². The van der Waals surface area contributed by atoms with Crippen molar-refractivity contribution in [3.05, 3.63) is 78.5 Å². The quantitative estimate of drug-likeness (QED) is 0.340. The number of hydrogen-bond acceptors (Lipinski definition) is 8. The lowest BCUT2D eigenvalue weighted by Gasteiger charge is -2.25. The lowest BCUT2D eigenvalue weighted by atomic mass is 9.96. The molecular formula is C25H19F3N6O2S. The number of rotatable bonds is 5. The lowest BCUT2D eigenvalue weighted by molar-refractivity contribution is -0.143. The van der Waals surface area contributed by atoms with E-state index in [1.54, 1.807) is 31.2 Å². The highest BCUT2D eigenvalue weighted by atomic mass is 32.2. The van der Waals surface area contributed by atoms with Crippen molar-refractivity contribution in [2.75, 3.05) is 11.6 Å². The number of sulfone groups is 1. The number of anilines is 1. The molecule has 8 nitrogen and oxygen atoms in total. The number of aryl methyl sites for hydroxylation is 1. The molecule has 0 radical (unpaired) electrons. The van der Waals surface area contributed by atoms with Gasteiger partial charge in [-0.3, -0.25) is 9.97 Å². The summed E-state index contributed by atoms with van der Waals surface area (Å²) in [5.41, 5.74) is 1.62. The van der Waals surface area contributed by atoms with Crippen LogP contribution in [-0.2, 0) is 9.84 Å². The molecular weight excluding hydrogens is 505 g/mol. The monoisotopic (exact) mass is 524 g/mol. The topological polar surface area (TPSA) is 111 Å². The molecule has 4 aromatic heterocycles. The molecule has 0 unspecified atom stereocenters. The van der Waals surface area contributed by atoms with Crippen LogP contribution in [0.25, 0.3) is 33.2 Å². The molecule has 1 atom stereocenters. The molecule has 0 aliphatic carbocycles. The number of aromatic nitrogens is 5. The van der Waals surface area contributed by atoms with Crippen LogP contribution in [0.4, 0.5) is 19.0 Å². The Bertz CT molecular complexity index is 1750. The number of pyridine rings is 3. The maximum atomic E-state index is 14.7. The van der Waals surface area contributed by atoms with Crippen LogP contribution in [0.5, 0.6) is 0 Å². The Labute approximate surface area is 209 Å². The first-order valence-electron chi connectivity index (χ1n) is 11.0. The number of alkyl halides is 3. The zero-order valence-electron chi connectivity index (χ0n) is 19.5. The predicted molar refractivity (Wildman–Crippen MR) is 133 cm³/mol. The van der Waals surface area contributed by atoms with E-state index in [-0.39, 0.29) is 32.9 Å². The lowest BCUT2D eigenvalue weighted by Crippen LogP contribution is -2.29. The second kappa shape index (κ2) is 9.04. The Morgan fingerprint density at radius 3 is 2.41 bits per heavy atom. The minimum atomic E-state index is -4.79. The van der Waals surface area contributed by atoms with Crippen LogP contribution in [0.1, 0.15) is 17.3 Å². The summed E-state index contributed by atoms with van der Waals surface area (Å²) in [6.45, 7) is 1.68. The minimum Gasteiger partial charge on any atom is -0.353 e. The largest absolute Gasteiger partial charge is 0.412 e. The maximum absolute atomic E-state index is 14.7. The van der Waals surface area contributed by atoms with Gasteiger partial charge in [-0.25, -0.2) is 23.4 Å². The molecule has 0 spiro atoms. The van der Waals surface area contributed by atoms with E-state index in [9.17, 15) is 21.6 Å². The van der Waals surface area contributed by atoms with Crippen molar-refractivity contribution in [1.29, 1.82) is 0 Å². The van der Waals surface area contributed by atoms with Crippen LogP contribution in [0.2, 0.25) is 0 Å². The molecule has 0 aliphatic heterocycles. The summed E-state index contributed by atoms with van der Waals surface area (Å²) >= 11 is 0. The van der Waals surface area contributed by atoms with Gasteiger partial charge in [0.1, 0.15) is 11.8 Å². The molecule has 0 saturated heterocycles. The van der Waals surface area contributed by atoms with E-state index >= 15 is 0 Å². The van der Waals surface area contributed by atoms with E-state index in [1.165, 1.54) is 36.7 Å². The molecule has 0 aliphatic rings. The number of nitrogens with one attached hydrogen (secondary N) is 1.